The summed E-state index contributed by atoms with van der Waals surface area (Å²) < 4.78 is 43.3. The highest BCUT2D eigenvalue weighted by atomic mass is 19.4. The number of hydrogen-bond donors (Lipinski definition) is 6. The zero-order valence-electron chi connectivity index (χ0n) is 22.2. The molecular weight excluding hydrogens is 535 g/mol. The topological polar surface area (TPSA) is 173 Å². The molecule has 4 rings (SSSR count). The van der Waals surface area contributed by atoms with Gasteiger partial charge in [-0.1, -0.05) is 6.92 Å². The minimum Gasteiger partial charge on any atom is -0.508 e. The fraction of sp³-hybridized carbons (Fsp3) is 0.519. The average Bonchev–Trinajstić information content (AvgIpc) is 2.85. The maximum Gasteiger partial charge on any atom is 0.416 e. The van der Waals surface area contributed by atoms with Gasteiger partial charge in [-0.2, -0.15) is 13.2 Å². The molecule has 0 aromatic heterocycles. The van der Waals surface area contributed by atoms with Crippen molar-refractivity contribution in [3.8, 4) is 5.75 Å². The van der Waals surface area contributed by atoms with E-state index in [1.807, 2.05) is 0 Å². The van der Waals surface area contributed by atoms with Gasteiger partial charge in [0.1, 0.15) is 22.8 Å². The van der Waals surface area contributed by atoms with Crippen LogP contribution in [-0.4, -0.2) is 81.6 Å². The second-order valence-electron chi connectivity index (χ2n) is 10.6. The van der Waals surface area contributed by atoms with Crippen molar-refractivity contribution >= 4 is 23.2 Å². The number of likely N-dealkylation sites (N-methyl/N-ethyl adjacent to an activating group) is 1. The lowest BCUT2D eigenvalue weighted by molar-refractivity contribution is -0.154. The van der Waals surface area contributed by atoms with Gasteiger partial charge in [0.15, 0.2) is 11.4 Å². The van der Waals surface area contributed by atoms with E-state index in [2.05, 4.69) is 5.32 Å². The van der Waals surface area contributed by atoms with Gasteiger partial charge >= 0.3 is 6.18 Å². The standard InChI is InChI=1S/C27H32F3N3O7/c1-4-33(3)20-14-9-12-8-13-17(15(34)10-11(6-5-7-32-2)19(13)27(28,29)30)21(35)16(12)23(37)26(14,40)24(38)18(22(20)36)25(31)39/h10,12,14,20,32,34-35,38,40H,4-9H2,1-3H3,(H2,31,39)/t12-,14-,20-,26-/m0/s1. The first kappa shape index (κ1) is 29.6. The summed E-state index contributed by atoms with van der Waals surface area (Å²) in [4.78, 5) is 40.7. The Kier molecular flexibility index (Phi) is 7.54. The number of primary amides is 1. The Labute approximate surface area is 228 Å². The number of amides is 1. The first-order valence-electron chi connectivity index (χ1n) is 12.9. The van der Waals surface area contributed by atoms with Crippen molar-refractivity contribution in [1.82, 2.24) is 10.2 Å². The van der Waals surface area contributed by atoms with Crippen LogP contribution in [0.25, 0.3) is 5.76 Å². The summed E-state index contributed by atoms with van der Waals surface area (Å²) in [5.74, 6) is -8.93. The van der Waals surface area contributed by atoms with Crippen molar-refractivity contribution in [3.05, 3.63) is 45.2 Å². The Bertz CT molecular complexity index is 1350. The van der Waals surface area contributed by atoms with Crippen LogP contribution in [0.4, 0.5) is 13.2 Å². The van der Waals surface area contributed by atoms with Crippen molar-refractivity contribution < 1.29 is 48.0 Å². The number of halogens is 3. The summed E-state index contributed by atoms with van der Waals surface area (Å²) in [6, 6.07) is -0.404. The molecule has 0 spiro atoms. The van der Waals surface area contributed by atoms with Gasteiger partial charge in [-0.3, -0.25) is 19.3 Å². The molecule has 218 valence electrons. The van der Waals surface area contributed by atoms with Crippen LogP contribution in [0.2, 0.25) is 0 Å². The lowest BCUT2D eigenvalue weighted by Crippen LogP contribution is -2.66. The first-order chi connectivity index (χ1) is 18.6. The van der Waals surface area contributed by atoms with Crippen molar-refractivity contribution in [2.45, 2.75) is 50.4 Å². The molecule has 1 fully saturated rings. The molecule has 0 radical (unpaired) electrons. The molecule has 10 nitrogen and oxygen atoms in total. The molecule has 4 atom stereocenters. The van der Waals surface area contributed by atoms with Crippen molar-refractivity contribution in [3.63, 3.8) is 0 Å². The van der Waals surface area contributed by atoms with E-state index in [4.69, 9.17) is 5.73 Å². The van der Waals surface area contributed by atoms with Gasteiger partial charge in [0.25, 0.3) is 5.91 Å². The van der Waals surface area contributed by atoms with Crippen LogP contribution in [0.3, 0.4) is 0 Å². The number of Topliss-reactive ketones (excluding diaryl/α,β-unsaturated/α-hetero) is 2. The predicted octanol–water partition coefficient (Wildman–Crippen LogP) is 1.52. The second-order valence-corrected chi connectivity index (χ2v) is 10.6. The zero-order valence-corrected chi connectivity index (χ0v) is 22.2. The van der Waals surface area contributed by atoms with Gasteiger partial charge < -0.3 is 31.5 Å². The van der Waals surface area contributed by atoms with E-state index in [9.17, 15) is 48.0 Å². The highest BCUT2D eigenvalue weighted by Gasteiger charge is 2.64. The SMILES string of the molecule is CCN(C)[C@@H]1C(=O)C(C(N)=O)=C(O)[C@@]2(O)C(=O)C3=C(O)c4c(O)cc(CCCNC)c(C(F)(F)F)c4C[C@H]3C[C@@H]12. The fourth-order valence-electron chi connectivity index (χ4n) is 6.50. The number of alkyl halides is 3. The highest BCUT2D eigenvalue weighted by Crippen LogP contribution is 2.54. The van der Waals surface area contributed by atoms with E-state index in [1.165, 1.54) is 11.9 Å². The molecule has 1 amide bonds. The van der Waals surface area contributed by atoms with Gasteiger partial charge in [-0.05, 0) is 76.0 Å². The Hall–Kier alpha value is -3.42. The Morgan fingerprint density at radius 1 is 1.25 bits per heavy atom. The number of phenolic OH excluding ortho intramolecular Hbond substituents is 1. The number of rotatable bonds is 7. The summed E-state index contributed by atoms with van der Waals surface area (Å²) in [6.45, 7) is 2.31. The third-order valence-corrected chi connectivity index (χ3v) is 8.38. The van der Waals surface area contributed by atoms with Crippen LogP contribution in [-0.2, 0) is 33.4 Å². The van der Waals surface area contributed by atoms with E-state index < -0.39 is 98.7 Å². The summed E-state index contributed by atoms with van der Waals surface area (Å²) in [5.41, 5.74) is -1.17. The molecular formula is C27H32F3N3O7. The van der Waals surface area contributed by atoms with Crippen molar-refractivity contribution in [2.24, 2.45) is 17.6 Å². The molecule has 0 heterocycles. The van der Waals surface area contributed by atoms with Gasteiger partial charge in [-0.15, -0.1) is 0 Å². The molecule has 0 aliphatic heterocycles. The number of phenols is 1. The number of aryl methyl sites for hydroxylation is 1. The number of nitrogens with two attached hydrogens (primary N) is 1. The summed E-state index contributed by atoms with van der Waals surface area (Å²) in [7, 11) is 3.14. The van der Waals surface area contributed by atoms with Crippen LogP contribution < -0.4 is 11.1 Å². The van der Waals surface area contributed by atoms with Crippen molar-refractivity contribution in [2.75, 3.05) is 27.2 Å². The van der Waals surface area contributed by atoms with Crippen LogP contribution >= 0.6 is 0 Å². The molecule has 13 heteroatoms. The number of nitrogens with zero attached hydrogens (tertiary/aromatic N) is 1. The van der Waals surface area contributed by atoms with Crippen LogP contribution in [0, 0.1) is 11.8 Å². The molecule has 1 aromatic rings. The molecule has 0 saturated heterocycles. The maximum atomic E-state index is 14.4. The first-order valence-corrected chi connectivity index (χ1v) is 12.9. The fourth-order valence-corrected chi connectivity index (χ4v) is 6.50. The predicted molar refractivity (Wildman–Crippen MR) is 136 cm³/mol. The number of benzene rings is 1. The van der Waals surface area contributed by atoms with E-state index in [-0.39, 0.29) is 24.9 Å². The number of fused-ring (bicyclic) bond motifs is 3. The molecule has 1 aromatic carbocycles. The Morgan fingerprint density at radius 3 is 2.45 bits per heavy atom. The van der Waals surface area contributed by atoms with E-state index >= 15 is 0 Å². The van der Waals surface area contributed by atoms with E-state index in [1.54, 1.807) is 14.0 Å². The second kappa shape index (κ2) is 10.2. The molecule has 0 bridgehead atoms. The number of aliphatic hydroxyl groups is 3. The van der Waals surface area contributed by atoms with Crippen LogP contribution in [0.15, 0.2) is 23.0 Å². The number of carbonyl (C=O) groups is 3. The third-order valence-electron chi connectivity index (χ3n) is 8.38. The number of hydrogen-bond acceptors (Lipinski definition) is 9. The Balaban J connectivity index is 1.97. The minimum atomic E-state index is -4.85. The average molecular weight is 568 g/mol. The highest BCUT2D eigenvalue weighted by molar-refractivity contribution is 6.24. The smallest absolute Gasteiger partial charge is 0.416 e. The molecule has 40 heavy (non-hydrogen) atoms. The van der Waals surface area contributed by atoms with Gasteiger partial charge in [-0.25, -0.2) is 0 Å². The van der Waals surface area contributed by atoms with Crippen LogP contribution in [0.1, 0.15) is 42.0 Å². The molecule has 3 aliphatic rings. The molecule has 3 aliphatic carbocycles. The number of carbonyl (C=O) groups excluding carboxylic acids is 3. The van der Waals surface area contributed by atoms with Crippen LogP contribution in [0.5, 0.6) is 5.75 Å². The molecule has 7 N–H and O–H groups in total. The van der Waals surface area contributed by atoms with Gasteiger partial charge in [0, 0.05) is 11.5 Å². The molecule has 1 saturated carbocycles. The number of aliphatic hydroxyl groups excluding tert-OH is 2. The number of ketones is 2. The van der Waals surface area contributed by atoms with Crippen molar-refractivity contribution in [1.29, 1.82) is 0 Å². The molecule has 0 unspecified atom stereocenters. The summed E-state index contributed by atoms with van der Waals surface area (Å²) in [5, 5.41) is 47.3. The number of nitrogens with one attached hydrogen (secondary N) is 1. The van der Waals surface area contributed by atoms with Gasteiger partial charge in [0.05, 0.1) is 17.2 Å². The quantitative estimate of drug-likeness (QED) is 0.211. The minimum absolute atomic E-state index is 0.0216. The maximum absolute atomic E-state index is 14.4. The normalized spacial score (nSPS) is 26.6. The lowest BCUT2D eigenvalue weighted by atomic mass is 9.57. The third kappa shape index (κ3) is 4.27. The lowest BCUT2D eigenvalue weighted by Gasteiger charge is -2.50. The number of aromatic hydroxyl groups is 1. The summed E-state index contributed by atoms with van der Waals surface area (Å²) >= 11 is 0. The zero-order chi connectivity index (χ0) is 29.9. The largest absolute Gasteiger partial charge is 0.508 e. The van der Waals surface area contributed by atoms with E-state index in [0.29, 0.717) is 13.0 Å². The van der Waals surface area contributed by atoms with E-state index in [0.717, 1.165) is 6.07 Å². The monoisotopic (exact) mass is 567 g/mol. The summed E-state index contributed by atoms with van der Waals surface area (Å²) in [6.07, 6.45) is -5.26. The van der Waals surface area contributed by atoms with Gasteiger partial charge in [0.2, 0.25) is 5.78 Å². The Morgan fingerprint density at radius 2 is 1.90 bits per heavy atom.